The van der Waals surface area contributed by atoms with Gasteiger partial charge in [-0.2, -0.15) is 0 Å². The first kappa shape index (κ1) is 19.1. The van der Waals surface area contributed by atoms with E-state index in [1.807, 2.05) is 75.4 Å². The van der Waals surface area contributed by atoms with Gasteiger partial charge >= 0.3 is 0 Å². The summed E-state index contributed by atoms with van der Waals surface area (Å²) in [4.78, 5) is 20.8. The molecule has 0 radical (unpaired) electrons. The summed E-state index contributed by atoms with van der Waals surface area (Å²) in [5.74, 6) is 0. The Morgan fingerprint density at radius 1 is 0.931 bits per heavy atom. The lowest BCUT2D eigenvalue weighted by molar-refractivity contribution is 0.685. The van der Waals surface area contributed by atoms with E-state index in [-0.39, 0.29) is 5.56 Å². The van der Waals surface area contributed by atoms with E-state index >= 15 is 0 Å². The second-order valence-electron chi connectivity index (χ2n) is 7.08. The third-order valence-corrected chi connectivity index (χ3v) is 6.19. The van der Waals surface area contributed by atoms with Gasteiger partial charge in [-0.1, -0.05) is 48.0 Å². The monoisotopic (exact) mass is 403 g/mol. The van der Waals surface area contributed by atoms with Gasteiger partial charge in [0.15, 0.2) is 11.0 Å². The molecule has 0 aliphatic heterocycles. The molecule has 4 rings (SSSR count). The van der Waals surface area contributed by atoms with Crippen LogP contribution in [-0.2, 0) is 11.0 Å². The lowest BCUT2D eigenvalue weighted by Crippen LogP contribution is -2.14. The van der Waals surface area contributed by atoms with Gasteiger partial charge in [0.1, 0.15) is 5.69 Å². The maximum absolute atomic E-state index is 13.1. The summed E-state index contributed by atoms with van der Waals surface area (Å²) in [5.41, 5.74) is 5.65. The highest BCUT2D eigenvalue weighted by molar-refractivity contribution is 7.86. The first-order valence-electron chi connectivity index (χ1n) is 9.29. The van der Waals surface area contributed by atoms with Crippen LogP contribution in [0.2, 0.25) is 0 Å². The summed E-state index contributed by atoms with van der Waals surface area (Å²) >= 11 is 0. The Kier molecular flexibility index (Phi) is 5.03. The van der Waals surface area contributed by atoms with Gasteiger partial charge in [-0.05, 0) is 50.1 Å². The number of fused-ring (bicyclic) bond motifs is 1. The van der Waals surface area contributed by atoms with E-state index in [9.17, 15) is 9.00 Å². The number of anilines is 1. The van der Waals surface area contributed by atoms with Crippen molar-refractivity contribution in [3.8, 4) is 11.3 Å². The van der Waals surface area contributed by atoms with Gasteiger partial charge in [0, 0.05) is 5.56 Å². The van der Waals surface area contributed by atoms with E-state index in [1.165, 1.54) is 0 Å². The lowest BCUT2D eigenvalue weighted by atomic mass is 10.1. The van der Waals surface area contributed by atoms with Crippen LogP contribution in [0.15, 0.2) is 70.4 Å². The molecule has 1 aromatic heterocycles. The maximum Gasteiger partial charge on any atom is 0.275 e. The zero-order valence-corrected chi connectivity index (χ0v) is 17.3. The van der Waals surface area contributed by atoms with Crippen LogP contribution in [0.25, 0.3) is 22.3 Å². The Morgan fingerprint density at radius 2 is 1.59 bits per heavy atom. The molecule has 0 saturated carbocycles. The van der Waals surface area contributed by atoms with Crippen LogP contribution in [0.1, 0.15) is 16.7 Å². The summed E-state index contributed by atoms with van der Waals surface area (Å²) in [5, 5.41) is 0. The molecule has 0 bridgehead atoms. The summed E-state index contributed by atoms with van der Waals surface area (Å²) in [7, 11) is -1.47. The van der Waals surface area contributed by atoms with E-state index in [4.69, 9.17) is 0 Å². The fourth-order valence-corrected chi connectivity index (χ4v) is 4.78. The summed E-state index contributed by atoms with van der Waals surface area (Å²) < 4.78 is 16.2. The van der Waals surface area contributed by atoms with Gasteiger partial charge in [0.2, 0.25) is 0 Å². The van der Waals surface area contributed by atoms with Crippen molar-refractivity contribution in [2.75, 3.05) is 4.72 Å². The highest BCUT2D eigenvalue weighted by atomic mass is 32.2. The molecular formula is C23H21N3O2S. The standard InChI is InChI=1S/C23H21N3O2S/c1-14-12-15(2)22(16(3)13-14)29(28)26-18-9-5-4-8-17(18)21-23(27)25-20-11-7-6-10-19(20)24-21/h4-13,26H,1-3H3,(H,25,27)/t29-/m1/s1. The van der Waals surface area contributed by atoms with Crippen molar-refractivity contribution in [1.29, 1.82) is 0 Å². The third-order valence-electron chi connectivity index (χ3n) is 4.77. The van der Waals surface area contributed by atoms with Gasteiger partial charge in [-0.15, -0.1) is 0 Å². The number of para-hydroxylation sites is 3. The van der Waals surface area contributed by atoms with E-state index in [0.717, 1.165) is 21.6 Å². The summed E-state index contributed by atoms with van der Waals surface area (Å²) in [6.07, 6.45) is 0. The second-order valence-corrected chi connectivity index (χ2v) is 8.23. The Labute approximate surface area is 171 Å². The highest BCUT2D eigenvalue weighted by Gasteiger charge is 2.16. The Bertz CT molecular complexity index is 1290. The van der Waals surface area contributed by atoms with E-state index in [1.54, 1.807) is 6.07 Å². The number of aryl methyl sites for hydroxylation is 3. The van der Waals surface area contributed by atoms with Crippen molar-refractivity contribution in [2.24, 2.45) is 0 Å². The lowest BCUT2D eigenvalue weighted by Gasteiger charge is -2.15. The van der Waals surface area contributed by atoms with Crippen molar-refractivity contribution < 1.29 is 4.21 Å². The van der Waals surface area contributed by atoms with Crippen LogP contribution in [0.3, 0.4) is 0 Å². The van der Waals surface area contributed by atoms with Gasteiger partial charge in [-0.25, -0.2) is 9.19 Å². The quantitative estimate of drug-likeness (QED) is 0.521. The van der Waals surface area contributed by atoms with Crippen molar-refractivity contribution in [3.63, 3.8) is 0 Å². The number of nitrogens with zero attached hydrogens (tertiary/aromatic N) is 1. The topological polar surface area (TPSA) is 74.8 Å². The summed E-state index contributed by atoms with van der Waals surface area (Å²) in [6.45, 7) is 5.93. The van der Waals surface area contributed by atoms with Crippen molar-refractivity contribution in [3.05, 3.63) is 87.7 Å². The molecule has 3 aromatic carbocycles. The zero-order valence-electron chi connectivity index (χ0n) is 16.4. The molecule has 0 saturated heterocycles. The average Bonchev–Trinajstić information content (AvgIpc) is 2.67. The van der Waals surface area contributed by atoms with E-state index in [2.05, 4.69) is 14.7 Å². The maximum atomic E-state index is 13.1. The Balaban J connectivity index is 1.78. The molecule has 1 atom stereocenters. The Hall–Kier alpha value is -3.25. The minimum absolute atomic E-state index is 0.286. The number of aromatic amines is 1. The predicted molar refractivity (Wildman–Crippen MR) is 118 cm³/mol. The normalized spacial score (nSPS) is 12.1. The molecule has 0 aliphatic carbocycles. The van der Waals surface area contributed by atoms with Crippen LogP contribution < -0.4 is 10.3 Å². The molecule has 0 spiro atoms. The number of rotatable bonds is 4. The molecule has 0 amide bonds. The van der Waals surface area contributed by atoms with Gasteiger partial charge < -0.3 is 9.71 Å². The zero-order chi connectivity index (χ0) is 20.5. The van der Waals surface area contributed by atoms with Crippen molar-refractivity contribution >= 4 is 27.7 Å². The SMILES string of the molecule is Cc1cc(C)c([S@@](=O)Nc2ccccc2-c2nc3ccccc3[nH]c2=O)c(C)c1. The number of nitrogens with one attached hydrogen (secondary N) is 2. The van der Waals surface area contributed by atoms with Crippen molar-refractivity contribution in [1.82, 2.24) is 9.97 Å². The van der Waals surface area contributed by atoms with Crippen LogP contribution in [-0.4, -0.2) is 14.2 Å². The van der Waals surface area contributed by atoms with Crippen LogP contribution in [0, 0.1) is 20.8 Å². The second kappa shape index (κ2) is 7.64. The van der Waals surface area contributed by atoms with Gasteiger partial charge in [0.25, 0.3) is 5.56 Å². The minimum Gasteiger partial charge on any atom is -0.319 e. The first-order valence-corrected chi connectivity index (χ1v) is 10.4. The average molecular weight is 404 g/mol. The minimum atomic E-state index is -1.47. The van der Waals surface area contributed by atoms with E-state index in [0.29, 0.717) is 28.0 Å². The van der Waals surface area contributed by atoms with Crippen LogP contribution in [0.5, 0.6) is 0 Å². The molecule has 0 fully saturated rings. The number of hydrogen-bond acceptors (Lipinski definition) is 3. The number of H-pyrrole nitrogens is 1. The molecule has 29 heavy (non-hydrogen) atoms. The Morgan fingerprint density at radius 3 is 2.34 bits per heavy atom. The molecular weight excluding hydrogens is 382 g/mol. The third kappa shape index (κ3) is 3.71. The molecule has 5 nitrogen and oxygen atoms in total. The van der Waals surface area contributed by atoms with Crippen molar-refractivity contribution in [2.45, 2.75) is 25.7 Å². The fraction of sp³-hybridized carbons (Fsp3) is 0.130. The van der Waals surface area contributed by atoms with Gasteiger partial charge in [-0.3, -0.25) is 4.79 Å². The number of benzene rings is 3. The highest BCUT2D eigenvalue weighted by Crippen LogP contribution is 2.28. The molecule has 4 aromatic rings. The summed E-state index contributed by atoms with van der Waals surface area (Å²) in [6, 6.07) is 18.7. The molecule has 146 valence electrons. The molecule has 1 heterocycles. The molecule has 0 aliphatic rings. The fourth-order valence-electron chi connectivity index (χ4n) is 3.60. The van der Waals surface area contributed by atoms with E-state index < -0.39 is 11.0 Å². The smallest absolute Gasteiger partial charge is 0.275 e. The molecule has 2 N–H and O–H groups in total. The molecule has 0 unspecified atom stereocenters. The van der Waals surface area contributed by atoms with Crippen LogP contribution in [0.4, 0.5) is 5.69 Å². The van der Waals surface area contributed by atoms with Crippen LogP contribution >= 0.6 is 0 Å². The van der Waals surface area contributed by atoms with Gasteiger partial charge in [0.05, 0.1) is 21.6 Å². The number of aromatic nitrogens is 2. The largest absolute Gasteiger partial charge is 0.319 e. The molecule has 6 heteroatoms. The number of hydrogen-bond donors (Lipinski definition) is 2. The predicted octanol–water partition coefficient (Wildman–Crippen LogP) is 4.65. The first-order chi connectivity index (χ1) is 13.9.